The van der Waals surface area contributed by atoms with E-state index in [9.17, 15) is 4.39 Å². The smallest absolute Gasteiger partial charge is 0.123 e. The lowest BCUT2D eigenvalue weighted by Gasteiger charge is -2.15. The molecule has 0 spiro atoms. The average Bonchev–Trinajstić information content (AvgIpc) is 2.39. The molecule has 0 N–H and O–H groups in total. The molecule has 1 heteroatoms. The largest absolute Gasteiger partial charge is 0.207 e. The highest BCUT2D eigenvalue weighted by atomic mass is 19.1. The van der Waals surface area contributed by atoms with Gasteiger partial charge in [-0.2, -0.15) is 0 Å². The Morgan fingerprint density at radius 2 is 1.59 bits per heavy atom. The van der Waals surface area contributed by atoms with E-state index in [0.29, 0.717) is 5.92 Å². The Kier molecular flexibility index (Phi) is 3.92. The van der Waals surface area contributed by atoms with Crippen molar-refractivity contribution < 1.29 is 4.39 Å². The fraction of sp³-hybridized carbons (Fsp3) is 0.250. The molecule has 0 radical (unpaired) electrons. The molecule has 0 aliphatic heterocycles. The van der Waals surface area contributed by atoms with E-state index < -0.39 is 0 Å². The first-order chi connectivity index (χ1) is 8.29. The highest BCUT2D eigenvalue weighted by Crippen LogP contribution is 2.23. The van der Waals surface area contributed by atoms with Gasteiger partial charge in [-0.05, 0) is 42.0 Å². The molecule has 1 atom stereocenters. The van der Waals surface area contributed by atoms with Crippen LogP contribution in [0.2, 0.25) is 0 Å². The van der Waals surface area contributed by atoms with Crippen molar-refractivity contribution in [1.82, 2.24) is 0 Å². The molecule has 0 amide bonds. The maximum atomic E-state index is 12.8. The Labute approximate surface area is 102 Å². The van der Waals surface area contributed by atoms with Crippen molar-refractivity contribution in [2.45, 2.75) is 25.7 Å². The van der Waals surface area contributed by atoms with Crippen LogP contribution in [-0.4, -0.2) is 0 Å². The Morgan fingerprint density at radius 1 is 0.941 bits per heavy atom. The summed E-state index contributed by atoms with van der Waals surface area (Å²) < 4.78 is 12.8. The van der Waals surface area contributed by atoms with Gasteiger partial charge in [0, 0.05) is 0 Å². The van der Waals surface area contributed by atoms with Crippen LogP contribution in [0.4, 0.5) is 4.39 Å². The molecule has 2 rings (SSSR count). The van der Waals surface area contributed by atoms with E-state index >= 15 is 0 Å². The summed E-state index contributed by atoms with van der Waals surface area (Å²) in [6.45, 7) is 2.20. The molecule has 0 aliphatic carbocycles. The quantitative estimate of drug-likeness (QED) is 0.719. The van der Waals surface area contributed by atoms with E-state index in [1.54, 1.807) is 0 Å². The Balaban J connectivity index is 2.13. The van der Waals surface area contributed by atoms with E-state index in [1.807, 2.05) is 18.2 Å². The monoisotopic (exact) mass is 228 g/mol. The summed E-state index contributed by atoms with van der Waals surface area (Å²) in [6.07, 6.45) is 2.07. The Bertz CT molecular complexity index is 445. The topological polar surface area (TPSA) is 0 Å². The first kappa shape index (κ1) is 11.8. The minimum Gasteiger partial charge on any atom is -0.207 e. The average molecular weight is 228 g/mol. The van der Waals surface area contributed by atoms with Crippen molar-refractivity contribution in [1.29, 1.82) is 0 Å². The molecule has 0 heterocycles. The molecular weight excluding hydrogens is 211 g/mol. The highest BCUT2D eigenvalue weighted by Gasteiger charge is 2.09. The van der Waals surface area contributed by atoms with Gasteiger partial charge < -0.3 is 0 Å². The van der Waals surface area contributed by atoms with Crippen LogP contribution < -0.4 is 0 Å². The third-order valence-electron chi connectivity index (χ3n) is 3.16. The fourth-order valence-corrected chi connectivity index (χ4v) is 2.13. The van der Waals surface area contributed by atoms with Crippen LogP contribution in [0.5, 0.6) is 0 Å². The Hall–Kier alpha value is -1.63. The normalized spacial score (nSPS) is 12.4. The molecule has 0 saturated heterocycles. The number of hydrogen-bond acceptors (Lipinski definition) is 0. The number of rotatable bonds is 4. The van der Waals surface area contributed by atoms with Crippen molar-refractivity contribution in [2.24, 2.45) is 0 Å². The van der Waals surface area contributed by atoms with Crippen LogP contribution in [0.1, 0.15) is 30.4 Å². The molecule has 88 valence electrons. The van der Waals surface area contributed by atoms with Crippen LogP contribution in [0.25, 0.3) is 0 Å². The summed E-state index contributed by atoms with van der Waals surface area (Å²) >= 11 is 0. The predicted molar refractivity (Wildman–Crippen MR) is 69.6 cm³/mol. The van der Waals surface area contributed by atoms with E-state index in [1.165, 1.54) is 23.3 Å². The molecule has 2 aromatic carbocycles. The summed E-state index contributed by atoms with van der Waals surface area (Å²) in [5, 5.41) is 0. The van der Waals surface area contributed by atoms with Crippen LogP contribution >= 0.6 is 0 Å². The van der Waals surface area contributed by atoms with Gasteiger partial charge >= 0.3 is 0 Å². The molecule has 2 aromatic rings. The maximum absolute atomic E-state index is 12.8. The standard InChI is InChI=1S/C16H17F/c1-2-14(15-6-4-3-5-7-15)12-13-8-10-16(17)11-9-13/h3-11,14H,2,12H2,1H3. The van der Waals surface area contributed by atoms with Crippen molar-refractivity contribution in [2.75, 3.05) is 0 Å². The predicted octanol–water partition coefficient (Wildman–Crippen LogP) is 4.56. The van der Waals surface area contributed by atoms with Gasteiger partial charge in [-0.25, -0.2) is 4.39 Å². The van der Waals surface area contributed by atoms with Gasteiger partial charge in [0.2, 0.25) is 0 Å². The zero-order valence-electron chi connectivity index (χ0n) is 10.1. The van der Waals surface area contributed by atoms with Gasteiger partial charge in [-0.15, -0.1) is 0 Å². The van der Waals surface area contributed by atoms with Crippen LogP contribution in [0.15, 0.2) is 54.6 Å². The molecule has 1 unspecified atom stereocenters. The molecule has 0 bridgehead atoms. The summed E-state index contributed by atoms with van der Waals surface area (Å²) in [5.74, 6) is 0.350. The lowest BCUT2D eigenvalue weighted by molar-refractivity contribution is 0.623. The lowest BCUT2D eigenvalue weighted by atomic mass is 9.90. The number of benzene rings is 2. The van der Waals surface area contributed by atoms with E-state index in [2.05, 4.69) is 31.2 Å². The van der Waals surface area contributed by atoms with Gasteiger partial charge in [0.25, 0.3) is 0 Å². The van der Waals surface area contributed by atoms with Crippen molar-refractivity contribution in [3.05, 3.63) is 71.5 Å². The third-order valence-corrected chi connectivity index (χ3v) is 3.16. The second-order valence-electron chi connectivity index (χ2n) is 4.35. The second-order valence-corrected chi connectivity index (χ2v) is 4.35. The number of hydrogen-bond donors (Lipinski definition) is 0. The second kappa shape index (κ2) is 5.62. The van der Waals surface area contributed by atoms with Crippen molar-refractivity contribution in [3.63, 3.8) is 0 Å². The van der Waals surface area contributed by atoms with Crippen molar-refractivity contribution in [3.8, 4) is 0 Å². The maximum Gasteiger partial charge on any atom is 0.123 e. The van der Waals surface area contributed by atoms with Crippen LogP contribution in [0, 0.1) is 5.82 Å². The minimum absolute atomic E-state index is 0.165. The molecule has 0 aliphatic rings. The molecule has 17 heavy (non-hydrogen) atoms. The lowest BCUT2D eigenvalue weighted by Crippen LogP contribution is -2.01. The third kappa shape index (κ3) is 3.16. The minimum atomic E-state index is -0.165. The summed E-state index contributed by atoms with van der Waals surface area (Å²) in [5.41, 5.74) is 2.56. The first-order valence-corrected chi connectivity index (χ1v) is 6.09. The number of halogens is 1. The molecule has 0 saturated carbocycles. The van der Waals surface area contributed by atoms with Gasteiger partial charge in [0.1, 0.15) is 5.82 Å². The summed E-state index contributed by atoms with van der Waals surface area (Å²) in [7, 11) is 0. The summed E-state index contributed by atoms with van der Waals surface area (Å²) in [6, 6.07) is 17.3. The van der Waals surface area contributed by atoms with E-state index in [0.717, 1.165) is 12.8 Å². The van der Waals surface area contributed by atoms with Gasteiger partial charge in [-0.3, -0.25) is 0 Å². The Morgan fingerprint density at radius 3 is 2.18 bits per heavy atom. The first-order valence-electron chi connectivity index (χ1n) is 6.09. The molecule has 0 fully saturated rings. The van der Waals surface area contributed by atoms with Crippen molar-refractivity contribution >= 4 is 0 Å². The fourth-order valence-electron chi connectivity index (χ4n) is 2.13. The SMILES string of the molecule is CCC(Cc1ccc(F)cc1)c1ccccc1. The van der Waals surface area contributed by atoms with Gasteiger partial charge in [-0.1, -0.05) is 49.4 Å². The zero-order valence-corrected chi connectivity index (χ0v) is 10.1. The van der Waals surface area contributed by atoms with E-state index in [4.69, 9.17) is 0 Å². The zero-order chi connectivity index (χ0) is 12.1. The molecule has 0 nitrogen and oxygen atoms in total. The molecular formula is C16H17F. The van der Waals surface area contributed by atoms with Gasteiger partial charge in [0.05, 0.1) is 0 Å². The highest BCUT2D eigenvalue weighted by molar-refractivity contribution is 5.24. The van der Waals surface area contributed by atoms with Crippen LogP contribution in [-0.2, 0) is 6.42 Å². The molecule has 0 aromatic heterocycles. The van der Waals surface area contributed by atoms with Crippen LogP contribution in [0.3, 0.4) is 0 Å². The van der Waals surface area contributed by atoms with Gasteiger partial charge in [0.15, 0.2) is 0 Å². The van der Waals surface area contributed by atoms with E-state index in [-0.39, 0.29) is 5.82 Å². The summed E-state index contributed by atoms with van der Waals surface area (Å²) in [4.78, 5) is 0.